The van der Waals surface area contributed by atoms with Crippen LogP contribution in [0.5, 0.6) is 17.2 Å². The van der Waals surface area contributed by atoms with Crippen molar-refractivity contribution in [2.24, 2.45) is 0 Å². The van der Waals surface area contributed by atoms with Crippen molar-refractivity contribution in [2.45, 2.75) is 25.8 Å². The topological polar surface area (TPSA) is 94.5 Å². The number of ether oxygens (including phenoxy) is 4. The van der Waals surface area contributed by atoms with Gasteiger partial charge in [0.15, 0.2) is 11.5 Å². The highest BCUT2D eigenvalue weighted by Gasteiger charge is 2.46. The van der Waals surface area contributed by atoms with Gasteiger partial charge in [-0.25, -0.2) is 0 Å². The van der Waals surface area contributed by atoms with Crippen molar-refractivity contribution >= 4 is 17.4 Å². The first-order chi connectivity index (χ1) is 16.5. The first kappa shape index (κ1) is 23.6. The maximum atomic E-state index is 13.2. The second kappa shape index (κ2) is 10.6. The molecule has 2 heterocycles. The molecule has 1 amide bonds. The molecule has 0 saturated carbocycles. The summed E-state index contributed by atoms with van der Waals surface area (Å²) in [5.74, 6) is 0.0571. The highest BCUT2D eigenvalue weighted by Crippen LogP contribution is 2.41. The minimum Gasteiger partial charge on any atom is -0.507 e. The van der Waals surface area contributed by atoms with Gasteiger partial charge in [0.25, 0.3) is 11.7 Å². The fourth-order valence-corrected chi connectivity index (χ4v) is 4.18. The molecule has 8 nitrogen and oxygen atoms in total. The number of fused-ring (bicyclic) bond motifs is 1. The summed E-state index contributed by atoms with van der Waals surface area (Å²) in [6.45, 7) is 4.15. The first-order valence-corrected chi connectivity index (χ1v) is 11.4. The summed E-state index contributed by atoms with van der Waals surface area (Å²) in [6, 6.07) is 11.5. The van der Waals surface area contributed by atoms with Crippen LogP contribution in [0, 0.1) is 0 Å². The van der Waals surface area contributed by atoms with Crippen LogP contribution in [-0.4, -0.2) is 61.8 Å². The van der Waals surface area contributed by atoms with Crippen LogP contribution in [0.1, 0.15) is 36.9 Å². The van der Waals surface area contributed by atoms with Gasteiger partial charge < -0.3 is 29.0 Å². The van der Waals surface area contributed by atoms with E-state index >= 15 is 0 Å². The number of ketones is 1. The number of aliphatic hydroxyl groups is 1. The molecular weight excluding hydrogens is 438 g/mol. The van der Waals surface area contributed by atoms with E-state index in [1.807, 2.05) is 31.2 Å². The molecule has 0 aromatic heterocycles. The number of hydrogen-bond acceptors (Lipinski definition) is 7. The fourth-order valence-electron chi connectivity index (χ4n) is 4.18. The molecule has 0 bridgehead atoms. The van der Waals surface area contributed by atoms with E-state index in [2.05, 4.69) is 0 Å². The molecule has 8 heteroatoms. The molecular formula is C26H29NO7. The number of hydrogen-bond donors (Lipinski definition) is 1. The number of carbonyl (C=O) groups is 2. The van der Waals surface area contributed by atoms with Gasteiger partial charge in [-0.05, 0) is 48.7 Å². The van der Waals surface area contributed by atoms with Crippen LogP contribution in [0.15, 0.2) is 48.0 Å². The Morgan fingerprint density at radius 3 is 2.65 bits per heavy atom. The Morgan fingerprint density at radius 1 is 1.09 bits per heavy atom. The third-order valence-electron chi connectivity index (χ3n) is 5.75. The highest BCUT2D eigenvalue weighted by molar-refractivity contribution is 6.46. The summed E-state index contributed by atoms with van der Waals surface area (Å²) in [5, 5.41) is 11.3. The zero-order chi connectivity index (χ0) is 24.1. The number of amides is 1. The molecule has 4 rings (SSSR count). The van der Waals surface area contributed by atoms with Gasteiger partial charge in [0, 0.05) is 25.8 Å². The number of nitrogens with zero attached hydrogens (tertiary/aromatic N) is 1. The quantitative estimate of drug-likeness (QED) is 0.260. The number of likely N-dealkylation sites (tertiary alicyclic amines) is 1. The Morgan fingerprint density at radius 2 is 1.88 bits per heavy atom. The number of carbonyl (C=O) groups excluding carboxylic acids is 2. The number of Topliss-reactive ketones (excluding diaryl/α,β-unsaturated/α-hetero) is 1. The minimum atomic E-state index is -0.754. The average molecular weight is 468 g/mol. The van der Waals surface area contributed by atoms with E-state index in [0.717, 1.165) is 6.42 Å². The van der Waals surface area contributed by atoms with Crippen LogP contribution >= 0.6 is 0 Å². The molecule has 1 saturated heterocycles. The lowest BCUT2D eigenvalue weighted by Crippen LogP contribution is -2.31. The molecule has 2 aliphatic heterocycles. The second-order valence-corrected chi connectivity index (χ2v) is 8.12. The molecule has 2 aliphatic rings. The van der Waals surface area contributed by atoms with E-state index in [9.17, 15) is 14.7 Å². The molecule has 1 fully saturated rings. The first-order valence-electron chi connectivity index (χ1n) is 11.4. The maximum Gasteiger partial charge on any atom is 0.295 e. The van der Waals surface area contributed by atoms with Crippen LogP contribution in [0.3, 0.4) is 0 Å². The van der Waals surface area contributed by atoms with E-state index < -0.39 is 17.7 Å². The van der Waals surface area contributed by atoms with Crippen molar-refractivity contribution in [2.75, 3.05) is 40.1 Å². The Balaban J connectivity index is 1.78. The van der Waals surface area contributed by atoms with E-state index in [0.29, 0.717) is 67.8 Å². The number of benzene rings is 2. The Kier molecular flexibility index (Phi) is 7.37. The van der Waals surface area contributed by atoms with Crippen molar-refractivity contribution in [3.05, 3.63) is 59.2 Å². The van der Waals surface area contributed by atoms with Gasteiger partial charge in [-0.1, -0.05) is 19.1 Å². The van der Waals surface area contributed by atoms with Gasteiger partial charge in [0.2, 0.25) is 0 Å². The molecule has 34 heavy (non-hydrogen) atoms. The van der Waals surface area contributed by atoms with Crippen molar-refractivity contribution in [3.63, 3.8) is 0 Å². The van der Waals surface area contributed by atoms with Crippen molar-refractivity contribution in [1.29, 1.82) is 0 Å². The molecule has 0 aliphatic carbocycles. The third-order valence-corrected chi connectivity index (χ3v) is 5.75. The van der Waals surface area contributed by atoms with Gasteiger partial charge in [-0.3, -0.25) is 9.59 Å². The normalized spacial score (nSPS) is 18.9. The molecule has 0 radical (unpaired) electrons. The summed E-state index contributed by atoms with van der Waals surface area (Å²) >= 11 is 0. The van der Waals surface area contributed by atoms with Crippen molar-refractivity contribution < 1.29 is 33.6 Å². The molecule has 1 N–H and O–H groups in total. The van der Waals surface area contributed by atoms with Crippen molar-refractivity contribution in [3.8, 4) is 17.2 Å². The number of methoxy groups -OCH3 is 1. The summed E-state index contributed by atoms with van der Waals surface area (Å²) in [6.07, 6.45) is 1.40. The molecule has 0 spiro atoms. The van der Waals surface area contributed by atoms with Gasteiger partial charge in [0.1, 0.15) is 24.7 Å². The molecule has 180 valence electrons. The Hall–Kier alpha value is -3.52. The molecule has 1 atom stereocenters. The van der Waals surface area contributed by atoms with Crippen LogP contribution in [0.4, 0.5) is 0 Å². The largest absolute Gasteiger partial charge is 0.507 e. The summed E-state index contributed by atoms with van der Waals surface area (Å²) in [4.78, 5) is 27.7. The number of rotatable bonds is 9. The molecule has 2 aromatic rings. The van der Waals surface area contributed by atoms with Crippen molar-refractivity contribution in [1.82, 2.24) is 4.90 Å². The summed E-state index contributed by atoms with van der Waals surface area (Å²) < 4.78 is 22.1. The lowest BCUT2D eigenvalue weighted by molar-refractivity contribution is -0.140. The average Bonchev–Trinajstić information content (AvgIpc) is 3.12. The van der Waals surface area contributed by atoms with Gasteiger partial charge in [-0.2, -0.15) is 0 Å². The maximum absolute atomic E-state index is 13.2. The second-order valence-electron chi connectivity index (χ2n) is 8.12. The summed E-state index contributed by atoms with van der Waals surface area (Å²) in [7, 11) is 1.59. The molecule has 2 aromatic carbocycles. The van der Waals surface area contributed by atoms with Gasteiger partial charge in [0.05, 0.1) is 18.2 Å². The van der Waals surface area contributed by atoms with Gasteiger partial charge in [-0.15, -0.1) is 0 Å². The molecule has 0 unspecified atom stereocenters. The monoisotopic (exact) mass is 467 g/mol. The van der Waals surface area contributed by atoms with Gasteiger partial charge >= 0.3 is 0 Å². The Bertz CT molecular complexity index is 1090. The van der Waals surface area contributed by atoms with E-state index in [1.54, 1.807) is 25.3 Å². The van der Waals surface area contributed by atoms with E-state index in [-0.39, 0.29) is 11.3 Å². The third kappa shape index (κ3) is 4.72. The lowest BCUT2D eigenvalue weighted by Gasteiger charge is -2.26. The predicted octanol–water partition coefficient (Wildman–Crippen LogP) is 3.70. The van der Waals surface area contributed by atoms with E-state index in [4.69, 9.17) is 18.9 Å². The highest BCUT2D eigenvalue weighted by atomic mass is 16.6. The Labute approximate surface area is 198 Å². The zero-order valence-corrected chi connectivity index (χ0v) is 19.4. The van der Waals surface area contributed by atoms with E-state index in [1.165, 1.54) is 4.90 Å². The van der Waals surface area contributed by atoms with Crippen LogP contribution in [0.25, 0.3) is 5.76 Å². The minimum absolute atomic E-state index is 0.0340. The SMILES string of the molecule is CCCOc1cccc([C@H]2/C(=C(\O)c3ccc4c(c3)OCCO4)C(=O)C(=O)N2CCCOC)c1. The predicted molar refractivity (Wildman–Crippen MR) is 125 cm³/mol. The smallest absolute Gasteiger partial charge is 0.295 e. The standard InChI is InChI=1S/C26H29NO7/c1-3-11-32-19-7-4-6-17(15-19)23-22(25(29)26(30)27(23)10-5-12-31-2)24(28)18-8-9-20-21(16-18)34-14-13-33-20/h4,6-9,15-16,23,28H,3,5,10-14H2,1-2H3/b24-22+/t23-/m0/s1. The van der Waals surface area contributed by atoms with Crippen LogP contribution in [0.2, 0.25) is 0 Å². The lowest BCUT2D eigenvalue weighted by atomic mass is 9.95. The fraction of sp³-hybridized carbons (Fsp3) is 0.385. The number of aliphatic hydroxyl groups excluding tert-OH is 1. The van der Waals surface area contributed by atoms with Crippen LogP contribution < -0.4 is 14.2 Å². The summed E-state index contributed by atoms with van der Waals surface area (Å²) in [5.41, 5.74) is 1.10. The van der Waals surface area contributed by atoms with Crippen LogP contribution in [-0.2, 0) is 14.3 Å². The zero-order valence-electron chi connectivity index (χ0n) is 19.4.